The molecule has 2 aromatic rings. The maximum Gasteiger partial charge on any atom is 0.340 e. The van der Waals surface area contributed by atoms with Crippen molar-refractivity contribution in [2.24, 2.45) is 0 Å². The van der Waals surface area contributed by atoms with Crippen LogP contribution in [0.4, 0.5) is 5.13 Å². The van der Waals surface area contributed by atoms with Crippen LogP contribution in [0.5, 0.6) is 0 Å². The van der Waals surface area contributed by atoms with Gasteiger partial charge in [-0.1, -0.05) is 0 Å². The van der Waals surface area contributed by atoms with E-state index in [2.05, 4.69) is 27.2 Å². The van der Waals surface area contributed by atoms with Gasteiger partial charge in [-0.25, -0.2) is 9.78 Å². The van der Waals surface area contributed by atoms with Gasteiger partial charge >= 0.3 is 5.97 Å². The molecular formula is C18H24N4O3S. The fourth-order valence-corrected chi connectivity index (χ4v) is 4.18. The minimum atomic E-state index is -0.418. The summed E-state index contributed by atoms with van der Waals surface area (Å²) in [6, 6.07) is 0. The van der Waals surface area contributed by atoms with E-state index >= 15 is 0 Å². The van der Waals surface area contributed by atoms with Crippen LogP contribution in [0.2, 0.25) is 0 Å². The summed E-state index contributed by atoms with van der Waals surface area (Å²) in [6.07, 6.45) is 0.678. The zero-order valence-electron chi connectivity index (χ0n) is 15.7. The predicted octanol–water partition coefficient (Wildman–Crippen LogP) is 2.89. The van der Waals surface area contributed by atoms with E-state index in [1.807, 2.05) is 0 Å². The number of rotatable bonds is 4. The van der Waals surface area contributed by atoms with E-state index in [9.17, 15) is 9.59 Å². The third-order valence-corrected chi connectivity index (χ3v) is 5.35. The monoisotopic (exact) mass is 376 g/mol. The highest BCUT2D eigenvalue weighted by Gasteiger charge is 2.25. The third-order valence-electron chi connectivity index (χ3n) is 4.35. The lowest BCUT2D eigenvalue weighted by Gasteiger charge is -2.20. The summed E-state index contributed by atoms with van der Waals surface area (Å²) >= 11 is 1.50. The van der Waals surface area contributed by atoms with Gasteiger partial charge in [0.15, 0.2) is 5.13 Å². The molecular weight excluding hydrogens is 352 g/mol. The Balaban J connectivity index is 1.80. The Kier molecular flexibility index (Phi) is 5.15. The van der Waals surface area contributed by atoms with E-state index < -0.39 is 5.97 Å². The SMILES string of the molecule is Cc1[nH]c(C(=O)Nc2nc3c(s2)CN(C)CC3)c(C)c1C(=O)OC(C)C. The largest absolute Gasteiger partial charge is 0.459 e. The number of ether oxygens (including phenoxy) is 1. The van der Waals surface area contributed by atoms with Crippen LogP contribution in [0.25, 0.3) is 0 Å². The number of carbonyl (C=O) groups is 2. The molecule has 7 nitrogen and oxygen atoms in total. The number of H-pyrrole nitrogens is 1. The summed E-state index contributed by atoms with van der Waals surface area (Å²) in [5.74, 6) is -0.716. The molecule has 0 radical (unpaired) electrons. The van der Waals surface area contributed by atoms with Gasteiger partial charge in [-0.3, -0.25) is 10.1 Å². The zero-order valence-corrected chi connectivity index (χ0v) is 16.5. The lowest BCUT2D eigenvalue weighted by atomic mass is 10.1. The number of hydrogen-bond donors (Lipinski definition) is 2. The van der Waals surface area contributed by atoms with Gasteiger partial charge in [-0.2, -0.15) is 0 Å². The molecule has 0 bridgehead atoms. The number of amides is 1. The second kappa shape index (κ2) is 7.20. The van der Waals surface area contributed by atoms with E-state index in [4.69, 9.17) is 4.74 Å². The number of hydrogen-bond acceptors (Lipinski definition) is 6. The van der Waals surface area contributed by atoms with Crippen LogP contribution in [0.1, 0.15) is 56.5 Å². The summed E-state index contributed by atoms with van der Waals surface area (Å²) in [6.45, 7) is 8.93. The van der Waals surface area contributed by atoms with Crippen molar-refractivity contribution in [3.63, 3.8) is 0 Å². The van der Waals surface area contributed by atoms with Crippen LogP contribution >= 0.6 is 11.3 Å². The first-order chi connectivity index (χ1) is 12.3. The van der Waals surface area contributed by atoms with Gasteiger partial charge < -0.3 is 14.6 Å². The number of esters is 1. The second-order valence-electron chi connectivity index (χ2n) is 6.91. The summed E-state index contributed by atoms with van der Waals surface area (Å²) in [7, 11) is 2.07. The highest BCUT2D eigenvalue weighted by atomic mass is 32.1. The molecule has 0 spiro atoms. The standard InChI is InChI=1S/C18H24N4O3S/c1-9(2)25-17(24)14-10(3)15(19-11(14)4)16(23)21-18-20-12-6-7-22(5)8-13(12)26-18/h9,19H,6-8H2,1-5H3,(H,20,21,23). The third kappa shape index (κ3) is 3.66. The summed E-state index contributed by atoms with van der Waals surface area (Å²) in [5, 5.41) is 3.45. The molecule has 0 unspecified atom stereocenters. The number of likely N-dealkylation sites (N-methyl/N-ethyl adjacent to an activating group) is 1. The molecule has 0 saturated heterocycles. The van der Waals surface area contributed by atoms with E-state index in [0.717, 1.165) is 25.2 Å². The molecule has 1 aliphatic rings. The number of carbonyl (C=O) groups excluding carboxylic acids is 2. The average Bonchev–Trinajstić information content (AvgIpc) is 3.06. The molecule has 0 aromatic carbocycles. The average molecular weight is 376 g/mol. The molecule has 8 heteroatoms. The molecule has 2 N–H and O–H groups in total. The van der Waals surface area contributed by atoms with Crippen LogP contribution in [0, 0.1) is 13.8 Å². The molecule has 3 rings (SSSR count). The van der Waals surface area contributed by atoms with Crippen molar-refractivity contribution in [3.05, 3.63) is 33.1 Å². The van der Waals surface area contributed by atoms with Gasteiger partial charge in [-0.15, -0.1) is 11.3 Å². The quantitative estimate of drug-likeness (QED) is 0.801. The molecule has 26 heavy (non-hydrogen) atoms. The number of fused-ring (bicyclic) bond motifs is 1. The molecule has 0 fully saturated rings. The first-order valence-electron chi connectivity index (χ1n) is 8.65. The Hall–Kier alpha value is -2.19. The van der Waals surface area contributed by atoms with E-state index in [1.54, 1.807) is 27.7 Å². The number of aromatic amines is 1. The minimum Gasteiger partial charge on any atom is -0.459 e. The first kappa shape index (κ1) is 18.6. The zero-order chi connectivity index (χ0) is 19.0. The lowest BCUT2D eigenvalue weighted by Crippen LogP contribution is -2.25. The number of aromatic nitrogens is 2. The number of thiazole rings is 1. The topological polar surface area (TPSA) is 87.3 Å². The van der Waals surface area contributed by atoms with Gasteiger partial charge in [0.05, 0.1) is 17.4 Å². The Bertz CT molecular complexity index is 853. The molecule has 1 aliphatic heterocycles. The van der Waals surface area contributed by atoms with Crippen LogP contribution in [-0.2, 0) is 17.7 Å². The number of anilines is 1. The van der Waals surface area contributed by atoms with E-state index in [0.29, 0.717) is 27.6 Å². The Morgan fingerprint density at radius 3 is 2.77 bits per heavy atom. The fourth-order valence-electron chi connectivity index (χ4n) is 3.09. The van der Waals surface area contributed by atoms with Crippen LogP contribution in [0.15, 0.2) is 0 Å². The van der Waals surface area contributed by atoms with Gasteiger partial charge in [0.25, 0.3) is 5.91 Å². The Labute approximate surface area is 156 Å². The van der Waals surface area contributed by atoms with Crippen molar-refractivity contribution in [1.29, 1.82) is 0 Å². The van der Waals surface area contributed by atoms with Crippen molar-refractivity contribution >= 4 is 28.3 Å². The molecule has 3 heterocycles. The van der Waals surface area contributed by atoms with Gasteiger partial charge in [0.1, 0.15) is 5.69 Å². The Morgan fingerprint density at radius 2 is 2.08 bits per heavy atom. The normalized spacial score (nSPS) is 14.4. The summed E-state index contributed by atoms with van der Waals surface area (Å²) < 4.78 is 5.27. The summed E-state index contributed by atoms with van der Waals surface area (Å²) in [4.78, 5) is 35.9. The van der Waals surface area contributed by atoms with Gasteiger partial charge in [0.2, 0.25) is 0 Å². The molecule has 0 saturated carbocycles. The molecule has 140 valence electrons. The van der Waals surface area contributed by atoms with Crippen LogP contribution in [-0.4, -0.2) is 46.4 Å². The number of aryl methyl sites for hydroxylation is 1. The fraction of sp³-hybridized carbons (Fsp3) is 0.500. The predicted molar refractivity (Wildman–Crippen MR) is 101 cm³/mol. The summed E-state index contributed by atoms with van der Waals surface area (Å²) in [5.41, 5.74) is 3.06. The lowest BCUT2D eigenvalue weighted by molar-refractivity contribution is 0.0376. The van der Waals surface area contributed by atoms with E-state index in [1.165, 1.54) is 16.2 Å². The smallest absolute Gasteiger partial charge is 0.340 e. The molecule has 1 amide bonds. The highest BCUT2D eigenvalue weighted by molar-refractivity contribution is 7.15. The van der Waals surface area contributed by atoms with E-state index in [-0.39, 0.29) is 12.0 Å². The molecule has 2 aromatic heterocycles. The van der Waals surface area contributed by atoms with Gasteiger partial charge in [-0.05, 0) is 40.3 Å². The van der Waals surface area contributed by atoms with Crippen LogP contribution in [0.3, 0.4) is 0 Å². The second-order valence-corrected chi connectivity index (χ2v) is 7.99. The van der Waals surface area contributed by atoms with Crippen molar-refractivity contribution < 1.29 is 14.3 Å². The number of nitrogens with zero attached hydrogens (tertiary/aromatic N) is 2. The van der Waals surface area contributed by atoms with Crippen molar-refractivity contribution in [2.45, 2.75) is 46.8 Å². The number of nitrogens with one attached hydrogen (secondary N) is 2. The first-order valence-corrected chi connectivity index (χ1v) is 9.46. The van der Waals surface area contributed by atoms with Crippen molar-refractivity contribution in [2.75, 3.05) is 18.9 Å². The maximum absolute atomic E-state index is 12.7. The molecule has 0 atom stereocenters. The maximum atomic E-state index is 12.7. The highest BCUT2D eigenvalue weighted by Crippen LogP contribution is 2.28. The Morgan fingerprint density at radius 1 is 1.35 bits per heavy atom. The molecule has 0 aliphatic carbocycles. The van der Waals surface area contributed by atoms with Gasteiger partial charge in [0, 0.05) is 30.1 Å². The minimum absolute atomic E-state index is 0.215. The van der Waals surface area contributed by atoms with Crippen molar-refractivity contribution in [1.82, 2.24) is 14.9 Å². The van der Waals surface area contributed by atoms with Crippen LogP contribution < -0.4 is 5.32 Å². The van der Waals surface area contributed by atoms with Crippen molar-refractivity contribution in [3.8, 4) is 0 Å².